The minimum Gasteiger partial charge on any atom is -0.356 e. The van der Waals surface area contributed by atoms with Gasteiger partial charge in [0.15, 0.2) is 0 Å². The molecule has 0 saturated carbocycles. The molecule has 1 fully saturated rings. The van der Waals surface area contributed by atoms with Gasteiger partial charge < -0.3 is 4.90 Å². The van der Waals surface area contributed by atoms with Crippen LogP contribution < -0.4 is 10.5 Å². The van der Waals surface area contributed by atoms with Gasteiger partial charge in [-0.25, -0.2) is 19.3 Å². The van der Waals surface area contributed by atoms with Crippen molar-refractivity contribution in [3.63, 3.8) is 0 Å². The van der Waals surface area contributed by atoms with E-state index in [0.717, 1.165) is 44.6 Å². The number of benzene rings is 1. The Morgan fingerprint density at radius 3 is 2.82 bits per heavy atom. The van der Waals surface area contributed by atoms with Crippen molar-refractivity contribution in [1.29, 1.82) is 0 Å². The Balaban J connectivity index is 1.30. The van der Waals surface area contributed by atoms with Crippen molar-refractivity contribution in [3.8, 4) is 0 Å². The molecule has 3 aromatic rings. The lowest BCUT2D eigenvalue weighted by atomic mass is 9.96. The molecular weight excluding hydrogens is 357 g/mol. The van der Waals surface area contributed by atoms with Gasteiger partial charge in [-0.05, 0) is 50.2 Å². The van der Waals surface area contributed by atoms with E-state index in [1.54, 1.807) is 17.2 Å². The molecule has 1 aliphatic carbocycles. The molecule has 0 atom stereocenters. The second-order valence-electron chi connectivity index (χ2n) is 7.77. The van der Waals surface area contributed by atoms with Crippen molar-refractivity contribution in [2.45, 2.75) is 38.6 Å². The summed E-state index contributed by atoms with van der Waals surface area (Å²) >= 11 is 0. The van der Waals surface area contributed by atoms with E-state index in [1.807, 2.05) is 0 Å². The highest BCUT2D eigenvalue weighted by atomic mass is 19.1. The number of aromatic nitrogens is 4. The molecule has 0 unspecified atom stereocenters. The van der Waals surface area contributed by atoms with Gasteiger partial charge in [0.05, 0.1) is 17.2 Å². The fraction of sp³-hybridized carbons (Fsp3) is 0.429. The fourth-order valence-electron chi connectivity index (χ4n) is 4.48. The number of rotatable bonds is 3. The minimum atomic E-state index is -0.374. The zero-order valence-corrected chi connectivity index (χ0v) is 15.6. The SMILES string of the molecule is O=c1c2ccc(F)cc2ncn1CC1CCN(c2ncnc3c2CCC3)CC1. The summed E-state index contributed by atoms with van der Waals surface area (Å²) < 4.78 is 15.0. The van der Waals surface area contributed by atoms with Gasteiger partial charge in [0, 0.05) is 37.0 Å². The van der Waals surface area contributed by atoms with Crippen LogP contribution in [-0.4, -0.2) is 32.6 Å². The normalized spacial score (nSPS) is 17.2. The smallest absolute Gasteiger partial charge is 0.261 e. The number of hydrogen-bond donors (Lipinski definition) is 0. The van der Waals surface area contributed by atoms with Crippen molar-refractivity contribution in [3.05, 3.63) is 58.3 Å². The maximum atomic E-state index is 13.3. The van der Waals surface area contributed by atoms with Gasteiger partial charge >= 0.3 is 0 Å². The Labute approximate surface area is 162 Å². The van der Waals surface area contributed by atoms with Crippen LogP contribution in [-0.2, 0) is 19.4 Å². The van der Waals surface area contributed by atoms with Gasteiger partial charge in [0.2, 0.25) is 0 Å². The molecule has 3 heterocycles. The van der Waals surface area contributed by atoms with Crippen LogP contribution in [0.2, 0.25) is 0 Å². The van der Waals surface area contributed by atoms with E-state index in [1.165, 1.54) is 35.9 Å². The lowest BCUT2D eigenvalue weighted by molar-refractivity contribution is 0.351. The van der Waals surface area contributed by atoms with Crippen LogP contribution in [0, 0.1) is 11.7 Å². The number of nitrogens with zero attached hydrogens (tertiary/aromatic N) is 5. The van der Waals surface area contributed by atoms with Gasteiger partial charge in [-0.15, -0.1) is 0 Å². The number of fused-ring (bicyclic) bond motifs is 2. The Morgan fingerprint density at radius 2 is 1.96 bits per heavy atom. The van der Waals surface area contributed by atoms with Crippen molar-refractivity contribution in [2.75, 3.05) is 18.0 Å². The lowest BCUT2D eigenvalue weighted by Crippen LogP contribution is -2.37. The predicted octanol–water partition coefficient (Wildman–Crippen LogP) is 2.73. The zero-order valence-electron chi connectivity index (χ0n) is 15.6. The second-order valence-corrected chi connectivity index (χ2v) is 7.77. The average molecular weight is 379 g/mol. The summed E-state index contributed by atoms with van der Waals surface area (Å²) in [7, 11) is 0. The number of halogens is 1. The van der Waals surface area contributed by atoms with E-state index in [4.69, 9.17) is 0 Å². The summed E-state index contributed by atoms with van der Waals surface area (Å²) in [6.07, 6.45) is 8.55. The molecule has 2 aliphatic rings. The highest BCUT2D eigenvalue weighted by Gasteiger charge is 2.25. The summed E-state index contributed by atoms with van der Waals surface area (Å²) in [6.45, 7) is 2.53. The molecule has 0 bridgehead atoms. The lowest BCUT2D eigenvalue weighted by Gasteiger charge is -2.33. The molecule has 1 aliphatic heterocycles. The van der Waals surface area contributed by atoms with Crippen LogP contribution in [0.4, 0.5) is 10.2 Å². The monoisotopic (exact) mass is 379 g/mol. The van der Waals surface area contributed by atoms with Gasteiger partial charge in [-0.1, -0.05) is 0 Å². The zero-order chi connectivity index (χ0) is 19.1. The molecule has 144 valence electrons. The molecule has 28 heavy (non-hydrogen) atoms. The van der Waals surface area contributed by atoms with Crippen LogP contribution in [0.15, 0.2) is 35.6 Å². The number of anilines is 1. The summed E-state index contributed by atoms with van der Waals surface area (Å²) in [5.41, 5.74) is 2.84. The molecule has 0 N–H and O–H groups in total. The van der Waals surface area contributed by atoms with Gasteiger partial charge in [-0.3, -0.25) is 9.36 Å². The third-order valence-corrected chi connectivity index (χ3v) is 6.01. The molecule has 0 radical (unpaired) electrons. The first-order valence-electron chi connectivity index (χ1n) is 9.91. The topological polar surface area (TPSA) is 63.9 Å². The van der Waals surface area contributed by atoms with Crippen molar-refractivity contribution in [2.24, 2.45) is 5.92 Å². The van der Waals surface area contributed by atoms with Crippen LogP contribution >= 0.6 is 0 Å². The standard InChI is InChI=1S/C21H22FN5O/c22-15-4-5-17-19(10-15)25-13-27(21(17)28)11-14-6-8-26(9-7-14)20-16-2-1-3-18(16)23-12-24-20/h4-5,10,12-14H,1-3,6-9,11H2. The summed E-state index contributed by atoms with van der Waals surface area (Å²) in [4.78, 5) is 28.3. The Morgan fingerprint density at radius 1 is 1.11 bits per heavy atom. The van der Waals surface area contributed by atoms with Crippen molar-refractivity contribution < 1.29 is 4.39 Å². The van der Waals surface area contributed by atoms with E-state index in [2.05, 4.69) is 19.9 Å². The first-order valence-corrected chi connectivity index (χ1v) is 9.91. The van der Waals surface area contributed by atoms with E-state index >= 15 is 0 Å². The van der Waals surface area contributed by atoms with E-state index in [9.17, 15) is 9.18 Å². The molecule has 1 saturated heterocycles. The van der Waals surface area contributed by atoms with Crippen LogP contribution in [0.25, 0.3) is 10.9 Å². The average Bonchev–Trinajstić information content (AvgIpc) is 3.20. The Kier molecular flexibility index (Phi) is 4.30. The largest absolute Gasteiger partial charge is 0.356 e. The third kappa shape index (κ3) is 3.04. The molecule has 1 aromatic carbocycles. The first-order chi connectivity index (χ1) is 13.7. The third-order valence-electron chi connectivity index (χ3n) is 6.01. The Bertz CT molecular complexity index is 1090. The summed E-state index contributed by atoms with van der Waals surface area (Å²) in [5, 5.41) is 0.470. The fourth-order valence-corrected chi connectivity index (χ4v) is 4.48. The highest BCUT2D eigenvalue weighted by Crippen LogP contribution is 2.30. The predicted molar refractivity (Wildman–Crippen MR) is 105 cm³/mol. The molecular formula is C21H22FN5O. The van der Waals surface area contributed by atoms with E-state index < -0.39 is 0 Å². The molecule has 0 amide bonds. The van der Waals surface area contributed by atoms with Gasteiger partial charge in [0.25, 0.3) is 5.56 Å². The second kappa shape index (κ2) is 6.96. The minimum absolute atomic E-state index is 0.0963. The van der Waals surface area contributed by atoms with Crippen LogP contribution in [0.3, 0.4) is 0 Å². The maximum absolute atomic E-state index is 13.3. The summed E-state index contributed by atoms with van der Waals surface area (Å²) in [6, 6.07) is 4.14. The maximum Gasteiger partial charge on any atom is 0.261 e. The first kappa shape index (κ1) is 17.3. The molecule has 5 rings (SSSR count). The molecule has 0 spiro atoms. The number of piperidine rings is 1. The van der Waals surface area contributed by atoms with Crippen LogP contribution in [0.1, 0.15) is 30.5 Å². The Hall–Kier alpha value is -2.83. The van der Waals surface area contributed by atoms with E-state index in [0.29, 0.717) is 23.4 Å². The molecule has 6 nitrogen and oxygen atoms in total. The van der Waals surface area contributed by atoms with Gasteiger partial charge in [-0.2, -0.15) is 0 Å². The number of hydrogen-bond acceptors (Lipinski definition) is 5. The molecule has 7 heteroatoms. The van der Waals surface area contributed by atoms with Crippen molar-refractivity contribution in [1.82, 2.24) is 19.5 Å². The van der Waals surface area contributed by atoms with E-state index in [-0.39, 0.29) is 11.4 Å². The molecule has 2 aromatic heterocycles. The quantitative estimate of drug-likeness (QED) is 0.700. The van der Waals surface area contributed by atoms with Gasteiger partial charge in [0.1, 0.15) is 18.0 Å². The van der Waals surface area contributed by atoms with Crippen LogP contribution in [0.5, 0.6) is 0 Å². The summed E-state index contributed by atoms with van der Waals surface area (Å²) in [5.74, 6) is 1.15. The highest BCUT2D eigenvalue weighted by molar-refractivity contribution is 5.77. The van der Waals surface area contributed by atoms with Crippen molar-refractivity contribution >= 4 is 16.7 Å². The number of aryl methyl sites for hydroxylation is 1.